The highest BCUT2D eigenvalue weighted by atomic mass is 16.3. The monoisotopic (exact) mass is 296 g/mol. The molecule has 3 aromatic rings. The number of nitrogens with one attached hydrogen (secondary N) is 1. The third-order valence-electron chi connectivity index (χ3n) is 3.03. The molecule has 0 bridgehead atoms. The zero-order valence-corrected chi connectivity index (χ0v) is 11.4. The van der Waals surface area contributed by atoms with Crippen molar-refractivity contribution in [1.82, 2.24) is 5.43 Å². The number of aromatic hydroxyl groups is 2. The summed E-state index contributed by atoms with van der Waals surface area (Å²) in [5.41, 5.74) is 3.30. The Kier molecular flexibility index (Phi) is 3.49. The summed E-state index contributed by atoms with van der Waals surface area (Å²) in [6.45, 7) is 0. The Labute approximate surface area is 125 Å². The Morgan fingerprint density at radius 1 is 1.14 bits per heavy atom. The number of nitrogens with zero attached hydrogens (tertiary/aromatic N) is 1. The Hall–Kier alpha value is -3.28. The summed E-state index contributed by atoms with van der Waals surface area (Å²) in [6.07, 6.45) is 1.27. The first kappa shape index (κ1) is 13.7. The van der Waals surface area contributed by atoms with Crippen LogP contribution in [-0.4, -0.2) is 22.3 Å². The van der Waals surface area contributed by atoms with E-state index < -0.39 is 5.91 Å². The van der Waals surface area contributed by atoms with Crippen molar-refractivity contribution in [3.63, 3.8) is 0 Å². The van der Waals surface area contributed by atoms with E-state index in [2.05, 4.69) is 10.5 Å². The molecule has 0 aliphatic heterocycles. The Morgan fingerprint density at radius 3 is 2.73 bits per heavy atom. The summed E-state index contributed by atoms with van der Waals surface area (Å²) in [6, 6.07) is 13.0. The molecule has 0 atom stereocenters. The molecule has 6 heteroatoms. The first-order valence-corrected chi connectivity index (χ1v) is 6.47. The van der Waals surface area contributed by atoms with Crippen LogP contribution in [0.5, 0.6) is 11.5 Å². The molecule has 0 aliphatic carbocycles. The zero-order valence-electron chi connectivity index (χ0n) is 11.4. The summed E-state index contributed by atoms with van der Waals surface area (Å²) in [7, 11) is 0. The van der Waals surface area contributed by atoms with Gasteiger partial charge < -0.3 is 14.6 Å². The molecular formula is C16H12N2O4. The largest absolute Gasteiger partial charge is 0.508 e. The SMILES string of the molecule is O=C(N/N=C/c1ccc(O)cc1O)c1cc2ccccc2o1. The zero-order chi connectivity index (χ0) is 15.5. The van der Waals surface area contributed by atoms with Crippen LogP contribution in [0.4, 0.5) is 0 Å². The molecule has 1 heterocycles. The number of hydrogen-bond donors (Lipinski definition) is 3. The van der Waals surface area contributed by atoms with E-state index in [0.717, 1.165) is 5.39 Å². The lowest BCUT2D eigenvalue weighted by atomic mass is 10.2. The number of carbonyl (C=O) groups is 1. The van der Waals surface area contributed by atoms with E-state index >= 15 is 0 Å². The van der Waals surface area contributed by atoms with E-state index in [1.54, 1.807) is 12.1 Å². The molecule has 22 heavy (non-hydrogen) atoms. The fraction of sp³-hybridized carbons (Fsp3) is 0. The second kappa shape index (κ2) is 5.61. The van der Waals surface area contributed by atoms with Crippen LogP contribution in [0, 0.1) is 0 Å². The molecule has 6 nitrogen and oxygen atoms in total. The number of phenolic OH excluding ortho intramolecular Hbond substituents is 2. The van der Waals surface area contributed by atoms with Crippen molar-refractivity contribution in [2.45, 2.75) is 0 Å². The van der Waals surface area contributed by atoms with Crippen LogP contribution < -0.4 is 5.43 Å². The van der Waals surface area contributed by atoms with Gasteiger partial charge in [0.2, 0.25) is 0 Å². The quantitative estimate of drug-likeness (QED) is 0.511. The van der Waals surface area contributed by atoms with Gasteiger partial charge in [-0.15, -0.1) is 0 Å². The number of carbonyl (C=O) groups excluding carboxylic acids is 1. The van der Waals surface area contributed by atoms with E-state index in [9.17, 15) is 15.0 Å². The molecule has 0 spiro atoms. The highest BCUT2D eigenvalue weighted by molar-refractivity contribution is 5.96. The Balaban J connectivity index is 1.72. The van der Waals surface area contributed by atoms with Crippen LogP contribution in [0.3, 0.4) is 0 Å². The molecule has 1 amide bonds. The maximum Gasteiger partial charge on any atom is 0.307 e. The first-order valence-electron chi connectivity index (χ1n) is 6.47. The van der Waals surface area contributed by atoms with Crippen LogP contribution >= 0.6 is 0 Å². The minimum atomic E-state index is -0.495. The number of phenols is 2. The fourth-order valence-corrected chi connectivity index (χ4v) is 1.95. The van der Waals surface area contributed by atoms with Crippen molar-refractivity contribution in [3.05, 3.63) is 59.9 Å². The third kappa shape index (κ3) is 2.76. The van der Waals surface area contributed by atoms with Gasteiger partial charge in [-0.1, -0.05) is 18.2 Å². The van der Waals surface area contributed by atoms with Gasteiger partial charge in [-0.3, -0.25) is 4.79 Å². The van der Waals surface area contributed by atoms with Crippen LogP contribution in [0.2, 0.25) is 0 Å². The van der Waals surface area contributed by atoms with E-state index in [4.69, 9.17) is 4.42 Å². The van der Waals surface area contributed by atoms with E-state index in [0.29, 0.717) is 11.1 Å². The van der Waals surface area contributed by atoms with Gasteiger partial charge in [0.05, 0.1) is 6.21 Å². The lowest BCUT2D eigenvalue weighted by Crippen LogP contribution is -2.16. The molecule has 2 aromatic carbocycles. The molecule has 3 rings (SSSR count). The maximum absolute atomic E-state index is 11.9. The molecule has 0 radical (unpaired) electrons. The van der Waals surface area contributed by atoms with Crippen molar-refractivity contribution in [2.24, 2.45) is 5.10 Å². The lowest BCUT2D eigenvalue weighted by Gasteiger charge is -1.99. The van der Waals surface area contributed by atoms with Crippen LogP contribution in [0.1, 0.15) is 16.1 Å². The molecular weight excluding hydrogens is 284 g/mol. The predicted octanol–water partition coefficient (Wildman–Crippen LogP) is 2.61. The molecule has 0 unspecified atom stereocenters. The van der Waals surface area contributed by atoms with Gasteiger partial charge >= 0.3 is 5.91 Å². The molecule has 0 fully saturated rings. The van der Waals surface area contributed by atoms with Crippen molar-refractivity contribution < 1.29 is 19.4 Å². The summed E-state index contributed by atoms with van der Waals surface area (Å²) in [4.78, 5) is 11.9. The number of amides is 1. The fourth-order valence-electron chi connectivity index (χ4n) is 1.95. The highest BCUT2D eigenvalue weighted by Crippen LogP contribution is 2.21. The van der Waals surface area contributed by atoms with Gasteiger partial charge in [-0.25, -0.2) is 5.43 Å². The first-order chi connectivity index (χ1) is 10.6. The van der Waals surface area contributed by atoms with Gasteiger partial charge in [-0.2, -0.15) is 5.10 Å². The number of hydrazone groups is 1. The molecule has 110 valence electrons. The normalized spacial score (nSPS) is 11.1. The van der Waals surface area contributed by atoms with Gasteiger partial charge in [0, 0.05) is 17.0 Å². The molecule has 0 aliphatic rings. The number of furan rings is 1. The number of para-hydroxylation sites is 1. The third-order valence-corrected chi connectivity index (χ3v) is 3.03. The summed E-state index contributed by atoms with van der Waals surface area (Å²) >= 11 is 0. The van der Waals surface area contributed by atoms with Crippen LogP contribution in [-0.2, 0) is 0 Å². The topological polar surface area (TPSA) is 95.1 Å². The Bertz CT molecular complexity index is 834. The lowest BCUT2D eigenvalue weighted by molar-refractivity contribution is 0.0929. The minimum absolute atomic E-state index is 0.0547. The van der Waals surface area contributed by atoms with Crippen molar-refractivity contribution in [1.29, 1.82) is 0 Å². The van der Waals surface area contributed by atoms with Crippen LogP contribution in [0.15, 0.2) is 58.0 Å². The highest BCUT2D eigenvalue weighted by Gasteiger charge is 2.11. The number of hydrogen-bond acceptors (Lipinski definition) is 5. The van der Waals surface area contributed by atoms with E-state index in [-0.39, 0.29) is 17.3 Å². The summed E-state index contributed by atoms with van der Waals surface area (Å²) in [5.74, 6) is -0.540. The number of benzene rings is 2. The average molecular weight is 296 g/mol. The van der Waals surface area contributed by atoms with Gasteiger partial charge in [-0.05, 0) is 24.3 Å². The van der Waals surface area contributed by atoms with E-state index in [1.807, 2.05) is 18.2 Å². The van der Waals surface area contributed by atoms with Gasteiger partial charge in [0.25, 0.3) is 0 Å². The predicted molar refractivity (Wildman–Crippen MR) is 81.0 cm³/mol. The maximum atomic E-state index is 11.9. The standard InChI is InChI=1S/C16H12N2O4/c19-12-6-5-11(13(20)8-12)9-17-18-16(21)15-7-10-3-1-2-4-14(10)22-15/h1-9,19-20H,(H,18,21)/b17-9+. The smallest absolute Gasteiger partial charge is 0.307 e. The van der Waals surface area contributed by atoms with Crippen molar-refractivity contribution in [2.75, 3.05) is 0 Å². The van der Waals surface area contributed by atoms with Crippen LogP contribution in [0.25, 0.3) is 11.0 Å². The van der Waals surface area contributed by atoms with Crippen molar-refractivity contribution in [3.8, 4) is 11.5 Å². The second-order valence-electron chi connectivity index (χ2n) is 4.59. The summed E-state index contributed by atoms with van der Waals surface area (Å²) < 4.78 is 5.40. The number of rotatable bonds is 3. The van der Waals surface area contributed by atoms with Gasteiger partial charge in [0.1, 0.15) is 17.1 Å². The molecule has 0 saturated carbocycles. The molecule has 3 N–H and O–H groups in total. The average Bonchev–Trinajstić information content (AvgIpc) is 2.93. The number of fused-ring (bicyclic) bond motifs is 1. The van der Waals surface area contributed by atoms with Crippen molar-refractivity contribution >= 4 is 23.1 Å². The second-order valence-corrected chi connectivity index (χ2v) is 4.59. The van der Waals surface area contributed by atoms with Gasteiger partial charge in [0.15, 0.2) is 5.76 Å². The minimum Gasteiger partial charge on any atom is -0.508 e. The Morgan fingerprint density at radius 2 is 1.95 bits per heavy atom. The molecule has 0 saturated heterocycles. The summed E-state index contributed by atoms with van der Waals surface area (Å²) in [5, 5.41) is 23.3. The molecule has 1 aromatic heterocycles. The van der Waals surface area contributed by atoms with E-state index in [1.165, 1.54) is 24.4 Å².